The first kappa shape index (κ1) is 14.5. The maximum atomic E-state index is 5.37. The second kappa shape index (κ2) is 7.04. The van der Waals surface area contributed by atoms with Crippen LogP contribution in [0.3, 0.4) is 0 Å². The predicted octanol–water partition coefficient (Wildman–Crippen LogP) is 2.94. The zero-order chi connectivity index (χ0) is 14.4. The Morgan fingerprint density at radius 3 is 2.70 bits per heavy atom. The van der Waals surface area contributed by atoms with Crippen LogP contribution in [0.5, 0.6) is 6.01 Å². The summed E-state index contributed by atoms with van der Waals surface area (Å²) in [5, 5.41) is 8.40. The lowest BCUT2D eigenvalue weighted by molar-refractivity contribution is 0.312. The average molecular weight is 293 g/mol. The molecule has 6 nitrogen and oxygen atoms in total. The van der Waals surface area contributed by atoms with Crippen LogP contribution in [0.25, 0.3) is 0 Å². The van der Waals surface area contributed by atoms with E-state index in [-0.39, 0.29) is 6.04 Å². The van der Waals surface area contributed by atoms with Crippen LogP contribution in [0.2, 0.25) is 0 Å². The largest absolute Gasteiger partial charge is 0.464 e. The molecule has 0 saturated carbocycles. The lowest BCUT2D eigenvalue weighted by atomic mass is 10.3. The maximum Gasteiger partial charge on any atom is 0.323 e. The van der Waals surface area contributed by atoms with Gasteiger partial charge in [0.2, 0.25) is 11.9 Å². The summed E-state index contributed by atoms with van der Waals surface area (Å²) in [5.74, 6) is 1.03. The Kier molecular flexibility index (Phi) is 5.11. The zero-order valence-corrected chi connectivity index (χ0v) is 12.7. The number of aromatic nitrogens is 3. The van der Waals surface area contributed by atoms with Crippen molar-refractivity contribution >= 4 is 23.2 Å². The van der Waals surface area contributed by atoms with Crippen molar-refractivity contribution in [3.05, 3.63) is 22.4 Å². The average Bonchev–Trinajstić information content (AvgIpc) is 2.93. The Hall–Kier alpha value is -1.89. The van der Waals surface area contributed by atoms with E-state index in [1.165, 1.54) is 4.88 Å². The van der Waals surface area contributed by atoms with Gasteiger partial charge in [-0.1, -0.05) is 6.07 Å². The van der Waals surface area contributed by atoms with E-state index in [1.54, 1.807) is 11.3 Å². The molecule has 0 amide bonds. The number of hydrogen-bond acceptors (Lipinski definition) is 7. The van der Waals surface area contributed by atoms with E-state index < -0.39 is 0 Å². The van der Waals surface area contributed by atoms with Crippen molar-refractivity contribution in [3.63, 3.8) is 0 Å². The van der Waals surface area contributed by atoms with E-state index in [9.17, 15) is 0 Å². The van der Waals surface area contributed by atoms with Crippen molar-refractivity contribution in [2.24, 2.45) is 0 Å². The topological polar surface area (TPSA) is 72.0 Å². The first-order chi connectivity index (χ1) is 9.72. The molecule has 0 fully saturated rings. The molecule has 2 rings (SSSR count). The van der Waals surface area contributed by atoms with Gasteiger partial charge in [0.1, 0.15) is 0 Å². The lowest BCUT2D eigenvalue weighted by Crippen LogP contribution is -2.12. The minimum Gasteiger partial charge on any atom is -0.464 e. The van der Waals surface area contributed by atoms with Crippen LogP contribution in [-0.2, 0) is 0 Å². The van der Waals surface area contributed by atoms with Gasteiger partial charge in [0.05, 0.1) is 12.6 Å². The minimum atomic E-state index is 0.140. The normalized spacial score (nSPS) is 11.9. The summed E-state index contributed by atoms with van der Waals surface area (Å²) in [7, 11) is 0. The molecule has 0 aliphatic rings. The number of rotatable bonds is 7. The second-order valence-corrected chi connectivity index (χ2v) is 5.09. The molecule has 2 aromatic rings. The van der Waals surface area contributed by atoms with Crippen LogP contribution in [0.15, 0.2) is 17.5 Å². The summed E-state index contributed by atoms with van der Waals surface area (Å²) in [4.78, 5) is 14.0. The number of anilines is 2. The van der Waals surface area contributed by atoms with Gasteiger partial charge in [-0.25, -0.2) is 0 Å². The molecule has 1 atom stereocenters. The number of thiophene rings is 1. The van der Waals surface area contributed by atoms with Gasteiger partial charge in [0.15, 0.2) is 0 Å². The number of ether oxygens (including phenoxy) is 1. The zero-order valence-electron chi connectivity index (χ0n) is 11.9. The van der Waals surface area contributed by atoms with Gasteiger partial charge < -0.3 is 15.4 Å². The van der Waals surface area contributed by atoms with E-state index in [1.807, 2.05) is 19.9 Å². The van der Waals surface area contributed by atoms with E-state index in [0.29, 0.717) is 24.5 Å². The van der Waals surface area contributed by atoms with E-state index in [2.05, 4.69) is 44.0 Å². The highest BCUT2D eigenvalue weighted by molar-refractivity contribution is 7.10. The van der Waals surface area contributed by atoms with E-state index in [0.717, 1.165) is 6.54 Å². The SMILES string of the molecule is CCNc1nc(NC(C)c2cccs2)nc(OCC)n1. The Labute approximate surface area is 122 Å². The van der Waals surface area contributed by atoms with Crippen LogP contribution in [0.4, 0.5) is 11.9 Å². The smallest absolute Gasteiger partial charge is 0.323 e. The third kappa shape index (κ3) is 3.80. The molecule has 0 aliphatic heterocycles. The summed E-state index contributed by atoms with van der Waals surface area (Å²) in [5.41, 5.74) is 0. The van der Waals surface area contributed by atoms with Gasteiger partial charge in [0, 0.05) is 11.4 Å². The van der Waals surface area contributed by atoms with Crippen molar-refractivity contribution in [1.82, 2.24) is 15.0 Å². The van der Waals surface area contributed by atoms with Crippen molar-refractivity contribution in [2.45, 2.75) is 26.8 Å². The number of nitrogens with one attached hydrogen (secondary N) is 2. The molecule has 0 aromatic carbocycles. The van der Waals surface area contributed by atoms with Gasteiger partial charge in [-0.05, 0) is 32.2 Å². The summed E-state index contributed by atoms with van der Waals surface area (Å²) in [6.07, 6.45) is 0. The van der Waals surface area contributed by atoms with Crippen molar-refractivity contribution in [3.8, 4) is 6.01 Å². The summed E-state index contributed by atoms with van der Waals surface area (Å²) < 4.78 is 5.37. The highest BCUT2D eigenvalue weighted by Crippen LogP contribution is 2.22. The van der Waals surface area contributed by atoms with Crippen molar-refractivity contribution in [2.75, 3.05) is 23.8 Å². The van der Waals surface area contributed by atoms with Gasteiger partial charge in [-0.3, -0.25) is 0 Å². The number of hydrogen-bond donors (Lipinski definition) is 2. The Morgan fingerprint density at radius 2 is 2.05 bits per heavy atom. The van der Waals surface area contributed by atoms with Crippen molar-refractivity contribution < 1.29 is 4.74 Å². The van der Waals surface area contributed by atoms with Crippen LogP contribution in [0, 0.1) is 0 Å². The fraction of sp³-hybridized carbons (Fsp3) is 0.462. The van der Waals surface area contributed by atoms with Crippen molar-refractivity contribution in [1.29, 1.82) is 0 Å². The Balaban J connectivity index is 2.16. The van der Waals surface area contributed by atoms with E-state index >= 15 is 0 Å². The first-order valence-electron chi connectivity index (χ1n) is 6.65. The highest BCUT2D eigenvalue weighted by Gasteiger charge is 2.11. The standard InChI is InChI=1S/C13H19N5OS/c1-4-14-11-16-12(18-13(17-11)19-5-2)15-9(3)10-7-6-8-20-10/h6-9H,4-5H2,1-3H3,(H2,14,15,16,17,18). The molecular weight excluding hydrogens is 274 g/mol. The lowest BCUT2D eigenvalue weighted by Gasteiger charge is -2.13. The molecule has 2 N–H and O–H groups in total. The Bertz CT molecular complexity index is 507. The summed E-state index contributed by atoms with van der Waals surface area (Å²) >= 11 is 1.70. The highest BCUT2D eigenvalue weighted by atomic mass is 32.1. The molecule has 0 bridgehead atoms. The molecule has 2 aromatic heterocycles. The van der Waals surface area contributed by atoms with Gasteiger partial charge >= 0.3 is 6.01 Å². The third-order valence-electron chi connectivity index (χ3n) is 2.54. The molecule has 2 heterocycles. The fourth-order valence-electron chi connectivity index (χ4n) is 1.65. The summed E-state index contributed by atoms with van der Waals surface area (Å²) in [6, 6.07) is 4.58. The van der Waals surface area contributed by atoms with Crippen LogP contribution in [-0.4, -0.2) is 28.1 Å². The monoisotopic (exact) mass is 293 g/mol. The molecule has 0 radical (unpaired) electrons. The molecular formula is C13H19N5OS. The first-order valence-corrected chi connectivity index (χ1v) is 7.53. The molecule has 108 valence electrons. The minimum absolute atomic E-state index is 0.140. The molecule has 20 heavy (non-hydrogen) atoms. The summed E-state index contributed by atoms with van der Waals surface area (Å²) in [6.45, 7) is 7.23. The van der Waals surface area contributed by atoms with Crippen LogP contribution >= 0.6 is 11.3 Å². The maximum absolute atomic E-state index is 5.37. The van der Waals surface area contributed by atoms with Crippen LogP contribution < -0.4 is 15.4 Å². The molecule has 0 saturated heterocycles. The molecule has 1 unspecified atom stereocenters. The quantitative estimate of drug-likeness (QED) is 0.818. The van der Waals surface area contributed by atoms with Crippen LogP contribution in [0.1, 0.15) is 31.7 Å². The molecule has 0 aliphatic carbocycles. The van der Waals surface area contributed by atoms with Gasteiger partial charge in [-0.15, -0.1) is 11.3 Å². The predicted molar refractivity (Wildman–Crippen MR) is 81.5 cm³/mol. The van der Waals surface area contributed by atoms with Gasteiger partial charge in [-0.2, -0.15) is 15.0 Å². The fourth-order valence-corrected chi connectivity index (χ4v) is 2.39. The third-order valence-corrected chi connectivity index (χ3v) is 3.59. The molecule has 0 spiro atoms. The van der Waals surface area contributed by atoms with Gasteiger partial charge in [0.25, 0.3) is 0 Å². The Morgan fingerprint density at radius 1 is 1.25 bits per heavy atom. The molecule has 7 heteroatoms. The second-order valence-electron chi connectivity index (χ2n) is 4.11. The van der Waals surface area contributed by atoms with E-state index in [4.69, 9.17) is 4.74 Å². The number of nitrogens with zero attached hydrogens (tertiary/aromatic N) is 3.